The second kappa shape index (κ2) is 7.57. The standard InChI is InChI=1S/C20H23N3O4/c1-11-7-15-16(8-12(11)2)23-20(25)17(21-15)10-19(24)22-14-6-5-13(26-3)9-18(14)27-4/h5-9,17,21H,10H2,1-4H3,(H,22,24)(H,23,25)/t17-/m0/s1. The van der Waals surface area contributed by atoms with Gasteiger partial charge in [-0.1, -0.05) is 0 Å². The van der Waals surface area contributed by atoms with Crippen LogP contribution in [0, 0.1) is 13.8 Å². The van der Waals surface area contributed by atoms with Gasteiger partial charge in [0, 0.05) is 6.07 Å². The third-order valence-corrected chi connectivity index (χ3v) is 4.61. The van der Waals surface area contributed by atoms with Gasteiger partial charge < -0.3 is 25.4 Å². The Morgan fingerprint density at radius 1 is 1.07 bits per heavy atom. The molecule has 1 aliphatic rings. The Hall–Kier alpha value is -3.22. The molecule has 0 fully saturated rings. The van der Waals surface area contributed by atoms with Crippen molar-refractivity contribution in [2.75, 3.05) is 30.2 Å². The van der Waals surface area contributed by atoms with E-state index in [-0.39, 0.29) is 18.2 Å². The van der Waals surface area contributed by atoms with Gasteiger partial charge in [0.15, 0.2) is 0 Å². The van der Waals surface area contributed by atoms with E-state index in [1.807, 2.05) is 26.0 Å². The Kier molecular flexibility index (Phi) is 5.21. The van der Waals surface area contributed by atoms with Crippen LogP contribution in [0.15, 0.2) is 30.3 Å². The van der Waals surface area contributed by atoms with E-state index in [9.17, 15) is 9.59 Å². The lowest BCUT2D eigenvalue weighted by atomic mass is 10.0. The van der Waals surface area contributed by atoms with Gasteiger partial charge in [-0.25, -0.2) is 0 Å². The lowest BCUT2D eigenvalue weighted by Crippen LogP contribution is -2.41. The fraction of sp³-hybridized carbons (Fsp3) is 0.300. The van der Waals surface area contributed by atoms with Crippen LogP contribution in [-0.4, -0.2) is 32.1 Å². The van der Waals surface area contributed by atoms with Gasteiger partial charge >= 0.3 is 0 Å². The molecule has 1 heterocycles. The second-order valence-electron chi connectivity index (χ2n) is 6.49. The highest BCUT2D eigenvalue weighted by Crippen LogP contribution is 2.31. The number of hydrogen-bond acceptors (Lipinski definition) is 5. The van der Waals surface area contributed by atoms with Gasteiger partial charge in [0.2, 0.25) is 11.8 Å². The molecule has 0 saturated carbocycles. The highest BCUT2D eigenvalue weighted by Gasteiger charge is 2.28. The third-order valence-electron chi connectivity index (χ3n) is 4.61. The predicted molar refractivity (Wildman–Crippen MR) is 105 cm³/mol. The van der Waals surface area contributed by atoms with Gasteiger partial charge in [0.25, 0.3) is 0 Å². The van der Waals surface area contributed by atoms with Crippen LogP contribution >= 0.6 is 0 Å². The summed E-state index contributed by atoms with van der Waals surface area (Å²) in [5.41, 5.74) is 4.28. The summed E-state index contributed by atoms with van der Waals surface area (Å²) in [6, 6.07) is 8.36. The predicted octanol–water partition coefficient (Wildman–Crippen LogP) is 3.08. The summed E-state index contributed by atoms with van der Waals surface area (Å²) in [6.45, 7) is 3.99. The Bertz CT molecular complexity index is 895. The largest absolute Gasteiger partial charge is 0.497 e. The van der Waals surface area contributed by atoms with E-state index < -0.39 is 6.04 Å². The molecule has 0 bridgehead atoms. The molecule has 0 aliphatic carbocycles. The molecule has 0 radical (unpaired) electrons. The summed E-state index contributed by atoms with van der Waals surface area (Å²) in [5, 5.41) is 8.80. The van der Waals surface area contributed by atoms with E-state index in [1.165, 1.54) is 7.11 Å². The molecule has 7 heteroatoms. The Morgan fingerprint density at radius 2 is 1.78 bits per heavy atom. The highest BCUT2D eigenvalue weighted by atomic mass is 16.5. The van der Waals surface area contributed by atoms with E-state index >= 15 is 0 Å². The van der Waals surface area contributed by atoms with Crippen LogP contribution in [0.5, 0.6) is 11.5 Å². The summed E-state index contributed by atoms with van der Waals surface area (Å²) < 4.78 is 10.4. The minimum Gasteiger partial charge on any atom is -0.497 e. The van der Waals surface area contributed by atoms with Gasteiger partial charge in [0.1, 0.15) is 17.5 Å². The first-order valence-electron chi connectivity index (χ1n) is 8.61. The number of methoxy groups -OCH3 is 2. The number of carbonyl (C=O) groups is 2. The molecular formula is C20H23N3O4. The van der Waals surface area contributed by atoms with Gasteiger partial charge in [-0.2, -0.15) is 0 Å². The van der Waals surface area contributed by atoms with E-state index in [4.69, 9.17) is 9.47 Å². The van der Waals surface area contributed by atoms with Crippen LogP contribution in [0.2, 0.25) is 0 Å². The van der Waals surface area contributed by atoms with E-state index in [2.05, 4.69) is 16.0 Å². The zero-order valence-electron chi connectivity index (χ0n) is 15.8. The molecule has 1 atom stereocenters. The van der Waals surface area contributed by atoms with Crippen molar-refractivity contribution in [2.24, 2.45) is 0 Å². The minimum atomic E-state index is -0.649. The SMILES string of the molecule is COc1ccc(NC(=O)C[C@@H]2Nc3cc(C)c(C)cc3NC2=O)c(OC)c1. The first-order valence-corrected chi connectivity index (χ1v) is 8.61. The Morgan fingerprint density at radius 3 is 2.44 bits per heavy atom. The average Bonchev–Trinajstić information content (AvgIpc) is 2.64. The quantitative estimate of drug-likeness (QED) is 0.754. The molecule has 7 nitrogen and oxygen atoms in total. The Balaban J connectivity index is 1.71. The van der Waals surface area contributed by atoms with Crippen LogP contribution in [0.3, 0.4) is 0 Å². The maximum atomic E-state index is 12.5. The lowest BCUT2D eigenvalue weighted by molar-refractivity contribution is -0.122. The molecule has 2 aromatic carbocycles. The molecule has 142 valence electrons. The van der Waals surface area contributed by atoms with Crippen molar-refractivity contribution in [3.8, 4) is 11.5 Å². The normalized spacial score (nSPS) is 15.3. The van der Waals surface area contributed by atoms with Crippen molar-refractivity contribution in [2.45, 2.75) is 26.3 Å². The average molecular weight is 369 g/mol. The molecule has 3 N–H and O–H groups in total. The number of aryl methyl sites for hydroxylation is 2. The first kappa shape index (κ1) is 18.6. The molecule has 0 spiro atoms. The number of fused-ring (bicyclic) bond motifs is 1. The molecule has 2 aromatic rings. The summed E-state index contributed by atoms with van der Waals surface area (Å²) in [6.07, 6.45) is -0.00657. The number of ether oxygens (including phenoxy) is 2. The van der Waals surface area contributed by atoms with Crippen molar-refractivity contribution < 1.29 is 19.1 Å². The minimum absolute atomic E-state index is 0.00657. The molecule has 1 aliphatic heterocycles. The molecular weight excluding hydrogens is 346 g/mol. The lowest BCUT2D eigenvalue weighted by Gasteiger charge is -2.27. The van der Waals surface area contributed by atoms with E-state index in [0.29, 0.717) is 17.2 Å². The second-order valence-corrected chi connectivity index (χ2v) is 6.49. The number of carbonyl (C=O) groups excluding carboxylic acids is 2. The fourth-order valence-electron chi connectivity index (χ4n) is 2.94. The number of amides is 2. The van der Waals surface area contributed by atoms with Crippen LogP contribution in [0.4, 0.5) is 17.1 Å². The molecule has 27 heavy (non-hydrogen) atoms. The van der Waals surface area contributed by atoms with Crippen LogP contribution in [0.1, 0.15) is 17.5 Å². The summed E-state index contributed by atoms with van der Waals surface area (Å²) in [4.78, 5) is 24.8. The number of nitrogens with one attached hydrogen (secondary N) is 3. The van der Waals surface area contributed by atoms with Crippen molar-refractivity contribution in [1.82, 2.24) is 0 Å². The first-order chi connectivity index (χ1) is 12.9. The molecule has 0 saturated heterocycles. The van der Waals surface area contributed by atoms with Crippen LogP contribution in [0.25, 0.3) is 0 Å². The maximum absolute atomic E-state index is 12.5. The molecule has 0 aromatic heterocycles. The zero-order chi connectivity index (χ0) is 19.6. The summed E-state index contributed by atoms with van der Waals surface area (Å²) in [7, 11) is 3.07. The van der Waals surface area contributed by atoms with Crippen molar-refractivity contribution in [3.05, 3.63) is 41.5 Å². The summed E-state index contributed by atoms with van der Waals surface area (Å²) in [5.74, 6) is 0.585. The molecule has 3 rings (SSSR count). The number of rotatable bonds is 5. The van der Waals surface area contributed by atoms with E-state index in [0.717, 1.165) is 22.5 Å². The number of benzene rings is 2. The summed E-state index contributed by atoms with van der Waals surface area (Å²) >= 11 is 0. The fourth-order valence-corrected chi connectivity index (χ4v) is 2.94. The van der Waals surface area contributed by atoms with Gasteiger partial charge in [0.05, 0.1) is 37.7 Å². The van der Waals surface area contributed by atoms with Gasteiger partial charge in [-0.05, 0) is 49.2 Å². The molecule has 0 unspecified atom stereocenters. The number of hydrogen-bond donors (Lipinski definition) is 3. The maximum Gasteiger partial charge on any atom is 0.247 e. The molecule has 2 amide bonds. The van der Waals surface area contributed by atoms with Crippen molar-refractivity contribution in [3.63, 3.8) is 0 Å². The Labute approximate surface area is 158 Å². The third kappa shape index (κ3) is 3.97. The van der Waals surface area contributed by atoms with Crippen molar-refractivity contribution >= 4 is 28.9 Å². The van der Waals surface area contributed by atoms with Crippen molar-refractivity contribution in [1.29, 1.82) is 0 Å². The van der Waals surface area contributed by atoms with Crippen LogP contribution < -0.4 is 25.4 Å². The van der Waals surface area contributed by atoms with Gasteiger partial charge in [-0.15, -0.1) is 0 Å². The smallest absolute Gasteiger partial charge is 0.247 e. The highest BCUT2D eigenvalue weighted by molar-refractivity contribution is 6.06. The monoisotopic (exact) mass is 369 g/mol. The van der Waals surface area contributed by atoms with E-state index in [1.54, 1.807) is 25.3 Å². The zero-order valence-corrected chi connectivity index (χ0v) is 15.8. The van der Waals surface area contributed by atoms with Crippen LogP contribution in [-0.2, 0) is 9.59 Å². The number of anilines is 3. The topological polar surface area (TPSA) is 88.7 Å². The van der Waals surface area contributed by atoms with Gasteiger partial charge in [-0.3, -0.25) is 9.59 Å².